The number of hydrogen-bond acceptors (Lipinski definition) is 3. The van der Waals surface area contributed by atoms with Crippen molar-refractivity contribution in [3.05, 3.63) is 182 Å². The zero-order valence-electron chi connectivity index (χ0n) is 27.6. The summed E-state index contributed by atoms with van der Waals surface area (Å²) in [7, 11) is 0. The molecule has 4 heteroatoms. The Morgan fingerprint density at radius 3 is 1.73 bits per heavy atom. The second-order valence-corrected chi connectivity index (χ2v) is 12.9. The normalized spacial score (nSPS) is 11.5. The number of para-hydroxylation sites is 1. The van der Waals surface area contributed by atoms with Crippen LogP contribution >= 0.6 is 0 Å². The van der Waals surface area contributed by atoms with Gasteiger partial charge in [0.05, 0.1) is 16.7 Å². The van der Waals surface area contributed by atoms with E-state index in [1.807, 2.05) is 24.3 Å². The Morgan fingerprint density at radius 1 is 0.333 bits per heavy atom. The molecule has 2 aromatic heterocycles. The van der Waals surface area contributed by atoms with E-state index in [2.05, 4.69) is 162 Å². The molecule has 0 unspecified atom stereocenters. The molecule has 0 amide bonds. The average Bonchev–Trinajstić information content (AvgIpc) is 3.54. The van der Waals surface area contributed by atoms with E-state index in [4.69, 9.17) is 15.0 Å². The highest BCUT2D eigenvalue weighted by atomic mass is 15.1. The maximum absolute atomic E-state index is 5.24. The van der Waals surface area contributed by atoms with Crippen LogP contribution < -0.4 is 0 Å². The van der Waals surface area contributed by atoms with Gasteiger partial charge in [-0.15, -0.1) is 0 Å². The Morgan fingerprint density at radius 2 is 0.922 bits per heavy atom. The zero-order chi connectivity index (χ0) is 33.7. The quantitative estimate of drug-likeness (QED) is 0.186. The van der Waals surface area contributed by atoms with Gasteiger partial charge in [-0.1, -0.05) is 152 Å². The van der Waals surface area contributed by atoms with Gasteiger partial charge in [0.1, 0.15) is 0 Å². The van der Waals surface area contributed by atoms with Crippen molar-refractivity contribution in [2.75, 3.05) is 0 Å². The molecule has 0 aliphatic carbocycles. The molecule has 10 rings (SSSR count). The number of aromatic nitrogens is 4. The van der Waals surface area contributed by atoms with Crippen LogP contribution in [0, 0.1) is 0 Å². The van der Waals surface area contributed by atoms with Gasteiger partial charge < -0.3 is 4.57 Å². The first-order valence-corrected chi connectivity index (χ1v) is 17.2. The van der Waals surface area contributed by atoms with Gasteiger partial charge in [-0.2, -0.15) is 0 Å². The van der Waals surface area contributed by atoms with E-state index >= 15 is 0 Å². The second kappa shape index (κ2) is 11.9. The lowest BCUT2D eigenvalue weighted by Crippen LogP contribution is -2.03. The van der Waals surface area contributed by atoms with Crippen molar-refractivity contribution in [2.45, 2.75) is 0 Å². The molecule has 238 valence electrons. The molecule has 0 spiro atoms. The minimum absolute atomic E-state index is 0.621. The Bertz CT molecular complexity index is 2910. The van der Waals surface area contributed by atoms with E-state index in [9.17, 15) is 0 Å². The topological polar surface area (TPSA) is 43.6 Å². The average molecular weight is 651 g/mol. The summed E-state index contributed by atoms with van der Waals surface area (Å²) < 4.78 is 2.41. The lowest BCUT2D eigenvalue weighted by molar-refractivity contribution is 1.06. The molecule has 0 saturated carbocycles. The number of rotatable bonds is 5. The smallest absolute Gasteiger partial charge is 0.166 e. The highest BCUT2D eigenvalue weighted by Gasteiger charge is 2.21. The SMILES string of the molecule is c1ccc(-c2cccc(-c3nc(-c4ccccc4)nc(-c4ccccc4-n4c5cc6ccccc6cc5c5ccc6ccccc6c54)n3)c2)cc1. The van der Waals surface area contributed by atoms with E-state index in [0.29, 0.717) is 17.5 Å². The molecule has 0 atom stereocenters. The van der Waals surface area contributed by atoms with Crippen molar-refractivity contribution < 1.29 is 0 Å². The van der Waals surface area contributed by atoms with Crippen LogP contribution in [0.15, 0.2) is 182 Å². The minimum Gasteiger partial charge on any atom is -0.308 e. The predicted octanol–water partition coefficient (Wildman–Crippen LogP) is 11.9. The van der Waals surface area contributed by atoms with Crippen molar-refractivity contribution in [3.8, 4) is 51.0 Å². The summed E-state index contributed by atoms with van der Waals surface area (Å²) in [6, 6.07) is 63.9. The maximum Gasteiger partial charge on any atom is 0.166 e. The van der Waals surface area contributed by atoms with E-state index in [1.54, 1.807) is 0 Å². The van der Waals surface area contributed by atoms with Gasteiger partial charge in [0.25, 0.3) is 0 Å². The molecule has 0 N–H and O–H groups in total. The predicted molar refractivity (Wildman–Crippen MR) is 211 cm³/mol. The van der Waals surface area contributed by atoms with Gasteiger partial charge >= 0.3 is 0 Å². The summed E-state index contributed by atoms with van der Waals surface area (Å²) >= 11 is 0. The summed E-state index contributed by atoms with van der Waals surface area (Å²) in [6.07, 6.45) is 0. The molecule has 51 heavy (non-hydrogen) atoms. The molecule has 0 saturated heterocycles. The third kappa shape index (κ3) is 4.96. The third-order valence-electron chi connectivity index (χ3n) is 9.80. The van der Waals surface area contributed by atoms with Crippen LogP contribution in [0.2, 0.25) is 0 Å². The fraction of sp³-hybridized carbons (Fsp3) is 0. The molecule has 0 radical (unpaired) electrons. The Hall–Kier alpha value is -6.91. The highest BCUT2D eigenvalue weighted by molar-refractivity contribution is 6.21. The van der Waals surface area contributed by atoms with E-state index in [1.165, 1.54) is 37.8 Å². The first kappa shape index (κ1) is 29.0. The fourth-order valence-electron chi connectivity index (χ4n) is 7.38. The van der Waals surface area contributed by atoms with Crippen molar-refractivity contribution in [2.24, 2.45) is 0 Å². The van der Waals surface area contributed by atoms with Crippen LogP contribution in [0.3, 0.4) is 0 Å². The molecular formula is C47H30N4. The van der Waals surface area contributed by atoms with Gasteiger partial charge in [0, 0.05) is 32.8 Å². The Labute approximate surface area is 295 Å². The summed E-state index contributed by atoms with van der Waals surface area (Å²) in [4.78, 5) is 15.5. The van der Waals surface area contributed by atoms with Crippen LogP contribution in [0.5, 0.6) is 0 Å². The van der Waals surface area contributed by atoms with Gasteiger partial charge in [0.2, 0.25) is 0 Å². The molecular weight excluding hydrogens is 621 g/mol. The van der Waals surface area contributed by atoms with Crippen LogP contribution in [-0.2, 0) is 0 Å². The van der Waals surface area contributed by atoms with Crippen molar-refractivity contribution in [1.82, 2.24) is 19.5 Å². The lowest BCUT2D eigenvalue weighted by atomic mass is 10.0. The standard InChI is InChI=1S/C47H30N4/c1-3-14-31(15-4-1)34-21-13-22-37(28-34)46-48-45(33-17-5-2-6-18-33)49-47(50-46)40-24-11-12-25-42(40)51-43-30-36-20-8-7-19-35(36)29-41(43)39-27-26-32-16-9-10-23-38(32)44(39)51/h1-30H. The Balaban J connectivity index is 1.26. The van der Waals surface area contributed by atoms with Crippen LogP contribution in [0.25, 0.3) is 94.3 Å². The van der Waals surface area contributed by atoms with Crippen molar-refractivity contribution >= 4 is 43.4 Å². The first-order valence-electron chi connectivity index (χ1n) is 17.2. The molecule has 8 aromatic carbocycles. The molecule has 0 fully saturated rings. The summed E-state index contributed by atoms with van der Waals surface area (Å²) in [5, 5.41) is 7.24. The summed E-state index contributed by atoms with van der Waals surface area (Å²) in [5.41, 5.74) is 8.38. The van der Waals surface area contributed by atoms with E-state index in [-0.39, 0.29) is 0 Å². The minimum atomic E-state index is 0.621. The van der Waals surface area contributed by atoms with Gasteiger partial charge in [0.15, 0.2) is 17.5 Å². The monoisotopic (exact) mass is 650 g/mol. The lowest BCUT2D eigenvalue weighted by Gasteiger charge is -2.15. The highest BCUT2D eigenvalue weighted by Crippen LogP contribution is 2.41. The van der Waals surface area contributed by atoms with Crippen LogP contribution in [0.1, 0.15) is 0 Å². The van der Waals surface area contributed by atoms with Gasteiger partial charge in [-0.05, 0) is 57.6 Å². The summed E-state index contributed by atoms with van der Waals surface area (Å²) in [6.45, 7) is 0. The zero-order valence-corrected chi connectivity index (χ0v) is 27.6. The molecule has 10 aromatic rings. The molecule has 0 bridgehead atoms. The number of nitrogens with zero attached hydrogens (tertiary/aromatic N) is 4. The first-order chi connectivity index (χ1) is 25.3. The number of hydrogen-bond donors (Lipinski definition) is 0. The van der Waals surface area contributed by atoms with Crippen molar-refractivity contribution in [1.29, 1.82) is 0 Å². The molecule has 0 aliphatic rings. The van der Waals surface area contributed by atoms with Gasteiger partial charge in [-0.25, -0.2) is 15.0 Å². The van der Waals surface area contributed by atoms with E-state index in [0.717, 1.165) is 39.0 Å². The van der Waals surface area contributed by atoms with E-state index < -0.39 is 0 Å². The molecule has 0 aliphatic heterocycles. The maximum atomic E-state index is 5.24. The molecule has 4 nitrogen and oxygen atoms in total. The Kier molecular flexibility index (Phi) is 6.78. The van der Waals surface area contributed by atoms with Gasteiger partial charge in [-0.3, -0.25) is 0 Å². The largest absolute Gasteiger partial charge is 0.308 e. The van der Waals surface area contributed by atoms with Crippen molar-refractivity contribution in [3.63, 3.8) is 0 Å². The van der Waals surface area contributed by atoms with Crippen LogP contribution in [0.4, 0.5) is 0 Å². The third-order valence-corrected chi connectivity index (χ3v) is 9.80. The fourth-order valence-corrected chi connectivity index (χ4v) is 7.38. The molecule has 2 heterocycles. The summed E-state index contributed by atoms with van der Waals surface area (Å²) in [5.74, 6) is 1.88. The number of fused-ring (bicyclic) bond motifs is 6. The number of benzene rings is 8. The second-order valence-electron chi connectivity index (χ2n) is 12.9. The van der Waals surface area contributed by atoms with Crippen LogP contribution in [-0.4, -0.2) is 19.5 Å².